The van der Waals surface area contributed by atoms with Crippen LogP contribution >= 0.6 is 11.3 Å². The molecule has 0 aliphatic carbocycles. The predicted molar refractivity (Wildman–Crippen MR) is 116 cm³/mol. The number of benzene rings is 1. The number of aliphatic imine (C=N–C) groups is 1. The fourth-order valence-electron chi connectivity index (χ4n) is 2.36. The highest BCUT2D eigenvalue weighted by Crippen LogP contribution is 2.44. The fourth-order valence-corrected chi connectivity index (χ4v) is 3.44. The van der Waals surface area contributed by atoms with Gasteiger partial charge in [-0.15, -0.1) is 11.3 Å². The van der Waals surface area contributed by atoms with Crippen molar-refractivity contribution in [3.05, 3.63) is 27.1 Å². The van der Waals surface area contributed by atoms with E-state index in [0.717, 1.165) is 36.2 Å². The summed E-state index contributed by atoms with van der Waals surface area (Å²) >= 11 is 1.12. The first-order chi connectivity index (χ1) is 12.9. The number of anilines is 2. The highest BCUT2D eigenvalue weighted by atomic mass is 32.1. The number of carbonyl (C=O) groups is 1. The zero-order valence-corrected chi connectivity index (χ0v) is 17.4. The Hall–Kier alpha value is -2.48. The van der Waals surface area contributed by atoms with Crippen LogP contribution in [0.25, 0.3) is 10.1 Å². The van der Waals surface area contributed by atoms with E-state index in [9.17, 15) is 14.9 Å². The molecule has 1 aromatic heterocycles. The molecule has 1 heterocycles. The summed E-state index contributed by atoms with van der Waals surface area (Å²) in [5, 5.41) is 15.0. The molecule has 27 heavy (non-hydrogen) atoms. The molecule has 2 rings (SSSR count). The van der Waals surface area contributed by atoms with E-state index in [1.807, 2.05) is 19.0 Å². The Morgan fingerprint density at radius 1 is 1.30 bits per heavy atom. The van der Waals surface area contributed by atoms with E-state index in [2.05, 4.69) is 31.1 Å². The molecule has 1 aromatic carbocycles. The average Bonchev–Trinajstić information content (AvgIpc) is 2.99. The maximum Gasteiger partial charge on any atom is 0.287 e. The van der Waals surface area contributed by atoms with Crippen molar-refractivity contribution in [2.24, 2.45) is 4.99 Å². The Labute approximate surface area is 164 Å². The van der Waals surface area contributed by atoms with Crippen molar-refractivity contribution in [1.82, 2.24) is 0 Å². The Morgan fingerprint density at radius 3 is 2.48 bits per heavy atom. The molecule has 0 aliphatic rings. The molecule has 8 heteroatoms. The van der Waals surface area contributed by atoms with Crippen LogP contribution in [0.4, 0.5) is 17.1 Å². The van der Waals surface area contributed by atoms with Gasteiger partial charge in [-0.2, -0.15) is 0 Å². The summed E-state index contributed by atoms with van der Waals surface area (Å²) in [5.74, 6) is 0. The molecule has 0 spiro atoms. The molecule has 1 N–H and O–H groups in total. The minimum absolute atomic E-state index is 0.000304. The lowest BCUT2D eigenvalue weighted by atomic mass is 10.1. The first-order valence-electron chi connectivity index (χ1n) is 9.03. The number of hydrogen-bond donors (Lipinski definition) is 1. The van der Waals surface area contributed by atoms with Gasteiger partial charge in [-0.3, -0.25) is 19.9 Å². The van der Waals surface area contributed by atoms with Crippen LogP contribution in [0, 0.1) is 10.1 Å². The Balaban J connectivity index is 0.00000114. The normalized spacial score (nSPS) is 10.6. The maximum absolute atomic E-state index is 11.4. The zero-order valence-electron chi connectivity index (χ0n) is 16.6. The largest absolute Gasteiger partial charge is 0.377 e. The number of carbonyl (C=O) groups excluding carboxylic acids is 1. The van der Waals surface area contributed by atoms with E-state index >= 15 is 0 Å². The Kier molecular flexibility index (Phi) is 9.42. The van der Waals surface area contributed by atoms with Crippen LogP contribution in [0.15, 0.2) is 17.1 Å². The van der Waals surface area contributed by atoms with E-state index in [4.69, 9.17) is 0 Å². The number of nitrogens with one attached hydrogen (secondary N) is 1. The number of nitro groups is 1. The number of nitro benzene ring substituents is 1. The molecule has 2 aromatic rings. The van der Waals surface area contributed by atoms with E-state index in [0.29, 0.717) is 27.2 Å². The molecule has 148 valence electrons. The molecular weight excluding hydrogens is 364 g/mol. The van der Waals surface area contributed by atoms with Gasteiger partial charge in [0, 0.05) is 37.8 Å². The number of hydrogen-bond acceptors (Lipinski definition) is 6. The lowest BCUT2D eigenvalue weighted by Crippen LogP contribution is -2.10. The van der Waals surface area contributed by atoms with Crippen molar-refractivity contribution < 1.29 is 9.72 Å². The minimum Gasteiger partial charge on any atom is -0.377 e. The topological polar surface area (TPSA) is 87.8 Å². The zero-order chi connectivity index (χ0) is 20.4. The van der Waals surface area contributed by atoms with Crippen molar-refractivity contribution in [2.75, 3.05) is 30.9 Å². The lowest BCUT2D eigenvalue weighted by molar-refractivity contribution is -0.382. The minimum atomic E-state index is -0.425. The summed E-state index contributed by atoms with van der Waals surface area (Å²) < 4.78 is 0.484. The lowest BCUT2D eigenvalue weighted by Gasteiger charge is -2.15. The molecule has 0 unspecified atom stereocenters. The first-order valence-corrected chi connectivity index (χ1v) is 9.85. The Morgan fingerprint density at radius 2 is 1.96 bits per heavy atom. The number of rotatable bonds is 8. The van der Waals surface area contributed by atoms with E-state index in [1.165, 1.54) is 12.5 Å². The van der Waals surface area contributed by atoms with Gasteiger partial charge in [0.1, 0.15) is 4.70 Å². The molecule has 0 saturated carbocycles. The standard InChI is InChI=1S/C16H20N4O3S.C3H8/c1-4-5-8-17-10-18-15-13(9-21)24-16-12(20(22)23)7-6-11(14(15)16)19(2)3;1-3-2/h6-7,9-10H,4-5,8H2,1-3H3,(H,17,18);3H2,1-2H3. The monoisotopic (exact) mass is 392 g/mol. The summed E-state index contributed by atoms with van der Waals surface area (Å²) in [6.07, 6.45) is 5.56. The molecule has 0 saturated heterocycles. The average molecular weight is 393 g/mol. The number of fused-ring (bicyclic) bond motifs is 1. The smallest absolute Gasteiger partial charge is 0.287 e. The van der Waals surface area contributed by atoms with Gasteiger partial charge < -0.3 is 10.2 Å². The van der Waals surface area contributed by atoms with Crippen LogP contribution in [0.3, 0.4) is 0 Å². The van der Waals surface area contributed by atoms with Crippen LogP contribution in [0.5, 0.6) is 0 Å². The van der Waals surface area contributed by atoms with Gasteiger partial charge >= 0.3 is 0 Å². The van der Waals surface area contributed by atoms with Crippen molar-refractivity contribution in [3.63, 3.8) is 0 Å². The van der Waals surface area contributed by atoms with E-state index < -0.39 is 4.92 Å². The van der Waals surface area contributed by atoms with Gasteiger partial charge in [0.15, 0.2) is 6.29 Å². The van der Waals surface area contributed by atoms with Crippen LogP contribution in [0.1, 0.15) is 49.7 Å². The fraction of sp³-hybridized carbons (Fsp3) is 0.474. The van der Waals surface area contributed by atoms with Crippen molar-refractivity contribution in [2.45, 2.75) is 40.0 Å². The second-order valence-electron chi connectivity index (χ2n) is 6.16. The van der Waals surface area contributed by atoms with Crippen LogP contribution < -0.4 is 10.2 Å². The third kappa shape index (κ3) is 5.75. The summed E-state index contributed by atoms with van der Waals surface area (Å²) in [6.45, 7) is 7.03. The van der Waals surface area contributed by atoms with Crippen LogP contribution in [-0.2, 0) is 0 Å². The second kappa shape index (κ2) is 11.3. The first kappa shape index (κ1) is 22.6. The molecular formula is C19H28N4O3S. The van der Waals surface area contributed by atoms with Gasteiger partial charge in [0.05, 0.1) is 21.8 Å². The number of thiophene rings is 1. The predicted octanol–water partition coefficient (Wildman–Crippen LogP) is 5.34. The quantitative estimate of drug-likeness (QED) is 0.163. The Bertz CT molecular complexity index is 800. The summed E-state index contributed by atoms with van der Waals surface area (Å²) in [5.41, 5.74) is 1.38. The number of non-ortho nitro benzene ring substituents is 1. The van der Waals surface area contributed by atoms with Gasteiger partial charge in [-0.05, 0) is 12.5 Å². The summed E-state index contributed by atoms with van der Waals surface area (Å²) in [6, 6.07) is 3.17. The molecule has 0 bridgehead atoms. The molecule has 7 nitrogen and oxygen atoms in total. The van der Waals surface area contributed by atoms with Crippen LogP contribution in [0.2, 0.25) is 0 Å². The third-order valence-corrected chi connectivity index (χ3v) is 4.69. The SMILES string of the molecule is CCC.CCCCN=CNc1c(C=O)sc2c([N+](=O)[O-])ccc(N(C)C)c12. The van der Waals surface area contributed by atoms with E-state index in [-0.39, 0.29) is 5.69 Å². The van der Waals surface area contributed by atoms with Gasteiger partial charge in [0.2, 0.25) is 0 Å². The molecule has 0 aliphatic heterocycles. The van der Waals surface area contributed by atoms with Crippen LogP contribution in [-0.4, -0.2) is 38.2 Å². The summed E-state index contributed by atoms with van der Waals surface area (Å²) in [7, 11) is 3.72. The van der Waals surface area contributed by atoms with Crippen molar-refractivity contribution in [3.8, 4) is 0 Å². The van der Waals surface area contributed by atoms with Crippen molar-refractivity contribution >= 4 is 51.1 Å². The molecule has 0 radical (unpaired) electrons. The number of unbranched alkanes of at least 4 members (excludes halogenated alkanes) is 1. The van der Waals surface area contributed by atoms with Crippen molar-refractivity contribution in [1.29, 1.82) is 0 Å². The summed E-state index contributed by atoms with van der Waals surface area (Å²) in [4.78, 5) is 28.9. The number of nitrogens with zero attached hydrogens (tertiary/aromatic N) is 3. The molecule has 0 amide bonds. The third-order valence-electron chi connectivity index (χ3n) is 3.55. The molecule has 0 fully saturated rings. The maximum atomic E-state index is 11.4. The highest BCUT2D eigenvalue weighted by molar-refractivity contribution is 7.22. The highest BCUT2D eigenvalue weighted by Gasteiger charge is 2.23. The van der Waals surface area contributed by atoms with Gasteiger partial charge in [-0.25, -0.2) is 0 Å². The molecule has 0 atom stereocenters. The number of aldehydes is 1. The van der Waals surface area contributed by atoms with E-state index in [1.54, 1.807) is 12.4 Å². The second-order valence-corrected chi connectivity index (χ2v) is 7.21. The van der Waals surface area contributed by atoms with Gasteiger partial charge in [-0.1, -0.05) is 33.6 Å². The van der Waals surface area contributed by atoms with Gasteiger partial charge in [0.25, 0.3) is 5.69 Å².